The van der Waals surface area contributed by atoms with Gasteiger partial charge in [0.2, 0.25) is 0 Å². The van der Waals surface area contributed by atoms with Gasteiger partial charge in [-0.15, -0.1) is 0 Å². The normalized spacial score (nSPS) is 32.9. The number of hydrogen-bond donors (Lipinski definition) is 1. The standard InChI is InChI=1S/C47H54F2O8S2/c1-30(47(48,49)59(52,53)54)57-38-10-14-41(15-11-38)58(39-6-4-3-5-7-39)40-12-8-37(9-13-40)44(2,55-18-16-45-24-31-20-33(26-45)42(50)34(21-31)27-45)56-19-17-46-25-32-22-35(28-46)43(51)36(23-32)29-46/h3-15,30-36H,16-29H2,1-2H3/p+1. The number of alkyl halides is 2. The van der Waals surface area contributed by atoms with Gasteiger partial charge in [-0.3, -0.25) is 14.1 Å². The molecule has 59 heavy (non-hydrogen) atoms. The van der Waals surface area contributed by atoms with Crippen molar-refractivity contribution in [2.24, 2.45) is 46.3 Å². The summed E-state index contributed by atoms with van der Waals surface area (Å²) in [6.45, 7) is 3.98. The SMILES string of the molecule is CC(Oc1ccc([S+](c2ccccc2)c2ccc(C(C)(OCCC34CC5CC(C3)C(=O)C(C5)C4)OCCC34CC5CC(C3)C(=O)C(C5)C4)cc2)cc1)C(F)(F)S(=O)(=O)O. The van der Waals surface area contributed by atoms with Crippen molar-refractivity contribution in [1.29, 1.82) is 0 Å². The van der Waals surface area contributed by atoms with Gasteiger partial charge in [-0.2, -0.15) is 17.2 Å². The lowest BCUT2D eigenvalue weighted by atomic mass is 9.48. The van der Waals surface area contributed by atoms with E-state index in [1.165, 1.54) is 25.0 Å². The van der Waals surface area contributed by atoms with Gasteiger partial charge in [-0.25, -0.2) is 0 Å². The largest absolute Gasteiger partial charge is 0.483 e. The smallest absolute Gasteiger partial charge is 0.405 e. The maximum atomic E-state index is 14.2. The Hall–Kier alpha value is -3.16. The molecule has 8 aliphatic carbocycles. The zero-order valence-corrected chi connectivity index (χ0v) is 35.5. The molecule has 0 radical (unpaired) electrons. The van der Waals surface area contributed by atoms with Crippen molar-refractivity contribution >= 4 is 32.6 Å². The third-order valence-electron chi connectivity index (χ3n) is 15.0. The number of hydrogen-bond acceptors (Lipinski definition) is 7. The predicted molar refractivity (Wildman–Crippen MR) is 219 cm³/mol. The molecule has 1 N–H and O–H groups in total. The van der Waals surface area contributed by atoms with Gasteiger partial charge in [-0.1, -0.05) is 18.2 Å². The molecule has 8 bridgehead atoms. The molecule has 3 aromatic carbocycles. The lowest BCUT2D eigenvalue weighted by Gasteiger charge is -2.56. The maximum absolute atomic E-state index is 14.2. The first-order chi connectivity index (χ1) is 28.0. The molecule has 6 atom stereocenters. The van der Waals surface area contributed by atoms with Gasteiger partial charge in [0.05, 0.1) is 24.1 Å². The minimum absolute atomic E-state index is 0.0434. The highest BCUT2D eigenvalue weighted by Crippen LogP contribution is 2.61. The Kier molecular flexibility index (Phi) is 10.7. The molecule has 12 heteroatoms. The molecule has 0 amide bonds. The summed E-state index contributed by atoms with van der Waals surface area (Å²) in [4.78, 5) is 28.8. The van der Waals surface area contributed by atoms with Crippen molar-refractivity contribution in [1.82, 2.24) is 0 Å². The van der Waals surface area contributed by atoms with E-state index in [0.29, 0.717) is 36.6 Å². The summed E-state index contributed by atoms with van der Waals surface area (Å²) in [7, 11) is -6.27. The fraction of sp³-hybridized carbons (Fsp3) is 0.574. The summed E-state index contributed by atoms with van der Waals surface area (Å²) in [5, 5.41) is -4.48. The van der Waals surface area contributed by atoms with E-state index >= 15 is 0 Å². The fourth-order valence-electron chi connectivity index (χ4n) is 12.6. The van der Waals surface area contributed by atoms with Gasteiger partial charge in [0, 0.05) is 29.2 Å². The average molecular weight is 850 g/mol. The van der Waals surface area contributed by atoms with E-state index in [4.69, 9.17) is 18.8 Å². The summed E-state index contributed by atoms with van der Waals surface area (Å²) >= 11 is 0. The lowest BCUT2D eigenvalue weighted by Crippen LogP contribution is -2.52. The molecule has 316 valence electrons. The molecule has 8 fully saturated rings. The quantitative estimate of drug-likeness (QED) is 0.0861. The molecule has 8 nitrogen and oxygen atoms in total. The molecule has 11 rings (SSSR count). The van der Waals surface area contributed by atoms with Crippen LogP contribution < -0.4 is 4.74 Å². The Morgan fingerprint density at radius 2 is 1.12 bits per heavy atom. The van der Waals surface area contributed by atoms with Crippen LogP contribution in [0.15, 0.2) is 93.5 Å². The summed E-state index contributed by atoms with van der Waals surface area (Å²) in [5.41, 5.74) is 1.21. The van der Waals surface area contributed by atoms with E-state index < -0.39 is 38.2 Å². The summed E-state index contributed by atoms with van der Waals surface area (Å²) in [6, 6.07) is 24.9. The highest BCUT2D eigenvalue weighted by Gasteiger charge is 2.56. The van der Waals surface area contributed by atoms with Crippen LogP contribution in [0.4, 0.5) is 8.78 Å². The topological polar surface area (TPSA) is 116 Å². The number of halogens is 2. The second-order valence-electron chi connectivity index (χ2n) is 19.0. The van der Waals surface area contributed by atoms with Gasteiger partial charge >= 0.3 is 15.4 Å². The Labute approximate surface area is 349 Å². The molecule has 8 aliphatic rings. The van der Waals surface area contributed by atoms with Gasteiger partial charge < -0.3 is 14.2 Å². The Morgan fingerprint density at radius 1 is 0.695 bits per heavy atom. The first kappa shape index (κ1) is 41.2. The van der Waals surface area contributed by atoms with Crippen LogP contribution in [0.2, 0.25) is 0 Å². The van der Waals surface area contributed by atoms with Gasteiger partial charge in [0.1, 0.15) is 17.3 Å². The number of carbonyl (C=O) groups is 2. The number of carbonyl (C=O) groups excluding carboxylic acids is 2. The average Bonchev–Trinajstić information content (AvgIpc) is 3.19. The van der Waals surface area contributed by atoms with Gasteiger partial charge in [-0.05, 0) is 174 Å². The Morgan fingerprint density at radius 3 is 1.56 bits per heavy atom. The van der Waals surface area contributed by atoms with Crippen LogP contribution in [0, 0.1) is 46.3 Å². The number of Topliss-reactive ketones (excluding diaryl/α,β-unsaturated/α-hetero) is 2. The van der Waals surface area contributed by atoms with E-state index in [2.05, 4.69) is 24.3 Å². The highest BCUT2D eigenvalue weighted by molar-refractivity contribution is 7.97. The Balaban J connectivity index is 0.951. The van der Waals surface area contributed by atoms with Crippen molar-refractivity contribution in [2.45, 2.75) is 123 Å². The van der Waals surface area contributed by atoms with E-state index in [-0.39, 0.29) is 40.3 Å². The molecule has 6 unspecified atom stereocenters. The van der Waals surface area contributed by atoms with Crippen LogP contribution in [0.3, 0.4) is 0 Å². The third-order valence-corrected chi connectivity index (χ3v) is 18.3. The molecule has 8 saturated carbocycles. The van der Waals surface area contributed by atoms with E-state index in [1.54, 1.807) is 12.1 Å². The minimum atomic E-state index is -5.66. The molecule has 0 aromatic heterocycles. The van der Waals surface area contributed by atoms with Crippen molar-refractivity contribution in [3.05, 3.63) is 84.4 Å². The Bertz CT molecular complexity index is 2070. The minimum Gasteiger partial charge on any atom is -0.483 e. The molecular weight excluding hydrogens is 795 g/mol. The maximum Gasteiger partial charge on any atom is 0.405 e. The van der Waals surface area contributed by atoms with Crippen molar-refractivity contribution in [3.63, 3.8) is 0 Å². The van der Waals surface area contributed by atoms with Crippen LogP contribution in [-0.4, -0.2) is 49.1 Å². The summed E-state index contributed by atoms with van der Waals surface area (Å²) < 4.78 is 79.1. The molecular formula is C47H55F2O8S2+. The predicted octanol–water partition coefficient (Wildman–Crippen LogP) is 9.81. The van der Waals surface area contributed by atoms with Crippen molar-refractivity contribution in [2.75, 3.05) is 13.2 Å². The molecule has 0 aliphatic heterocycles. The van der Waals surface area contributed by atoms with Crippen LogP contribution in [0.25, 0.3) is 0 Å². The summed E-state index contributed by atoms with van der Waals surface area (Å²) in [6.07, 6.45) is 10.2. The molecule has 3 aromatic rings. The fourth-order valence-corrected chi connectivity index (χ4v) is 15.1. The van der Waals surface area contributed by atoms with E-state index in [0.717, 1.165) is 91.4 Å². The number of benzene rings is 3. The van der Waals surface area contributed by atoms with Gasteiger partial charge in [0.25, 0.3) is 0 Å². The van der Waals surface area contributed by atoms with Crippen LogP contribution in [0.1, 0.15) is 96.5 Å². The second kappa shape index (κ2) is 15.3. The van der Waals surface area contributed by atoms with Crippen molar-refractivity contribution in [3.8, 4) is 5.75 Å². The molecule has 0 saturated heterocycles. The van der Waals surface area contributed by atoms with Crippen LogP contribution >= 0.6 is 0 Å². The van der Waals surface area contributed by atoms with Crippen LogP contribution in [0.5, 0.6) is 5.75 Å². The number of ketones is 2. The first-order valence-electron chi connectivity index (χ1n) is 21.4. The lowest BCUT2D eigenvalue weighted by molar-refractivity contribution is -0.245. The summed E-state index contributed by atoms with van der Waals surface area (Å²) in [5.74, 6) is 2.14. The second-order valence-corrected chi connectivity index (χ2v) is 22.6. The monoisotopic (exact) mass is 849 g/mol. The number of rotatable bonds is 16. The molecule has 0 heterocycles. The van der Waals surface area contributed by atoms with Crippen LogP contribution in [-0.2, 0) is 45.9 Å². The highest BCUT2D eigenvalue weighted by atomic mass is 32.2. The van der Waals surface area contributed by atoms with E-state index in [1.807, 2.05) is 37.3 Å². The zero-order chi connectivity index (χ0) is 41.4. The number of ether oxygens (including phenoxy) is 3. The van der Waals surface area contributed by atoms with E-state index in [9.17, 15) is 26.8 Å². The zero-order valence-electron chi connectivity index (χ0n) is 33.8. The molecule has 0 spiro atoms. The van der Waals surface area contributed by atoms with Gasteiger partial charge in [0.15, 0.2) is 26.6 Å². The first-order valence-corrected chi connectivity index (χ1v) is 24.1. The van der Waals surface area contributed by atoms with Crippen molar-refractivity contribution < 1.29 is 45.6 Å². The third kappa shape index (κ3) is 7.83.